The van der Waals surface area contributed by atoms with E-state index in [1.165, 1.54) is 0 Å². The summed E-state index contributed by atoms with van der Waals surface area (Å²) in [7, 11) is 1.70. The molecule has 0 bridgehead atoms. The van der Waals surface area contributed by atoms with Crippen LogP contribution >= 0.6 is 0 Å². The highest BCUT2D eigenvalue weighted by Gasteiger charge is 2.30. The molecule has 0 atom stereocenters. The molecule has 0 aromatic carbocycles. The van der Waals surface area contributed by atoms with Crippen LogP contribution in [0.25, 0.3) is 0 Å². The van der Waals surface area contributed by atoms with Crippen LogP contribution in [0.5, 0.6) is 0 Å². The van der Waals surface area contributed by atoms with Gasteiger partial charge in [-0.25, -0.2) is 4.98 Å². The van der Waals surface area contributed by atoms with Crippen molar-refractivity contribution < 1.29 is 4.74 Å². The second kappa shape index (κ2) is 4.76. The second-order valence-electron chi connectivity index (χ2n) is 4.35. The summed E-state index contributed by atoms with van der Waals surface area (Å²) in [6, 6.07) is 0. The molecule has 16 heavy (non-hydrogen) atoms. The molecule has 0 amide bonds. The number of anilines is 1. The van der Waals surface area contributed by atoms with Gasteiger partial charge in [0, 0.05) is 38.1 Å². The van der Waals surface area contributed by atoms with Crippen LogP contribution in [-0.2, 0) is 4.74 Å². The molecule has 1 aliphatic heterocycles. The van der Waals surface area contributed by atoms with Gasteiger partial charge in [-0.15, -0.1) is 0 Å². The minimum absolute atomic E-state index is 0.173. The molecule has 5 heteroatoms. The topological polar surface area (TPSA) is 64.3 Å². The third-order valence-electron chi connectivity index (χ3n) is 3.06. The maximum absolute atomic E-state index is 6.22. The molecule has 2 heterocycles. The van der Waals surface area contributed by atoms with Gasteiger partial charge in [0.1, 0.15) is 5.82 Å². The number of piperidine rings is 1. The van der Waals surface area contributed by atoms with Crippen molar-refractivity contribution in [3.8, 4) is 0 Å². The molecule has 1 aromatic rings. The number of methoxy groups -OCH3 is 1. The highest BCUT2D eigenvalue weighted by molar-refractivity contribution is 5.36. The van der Waals surface area contributed by atoms with Crippen molar-refractivity contribution in [3.63, 3.8) is 0 Å². The SMILES string of the molecule is COCC1(N)CCN(c2cnccn2)CC1. The summed E-state index contributed by atoms with van der Waals surface area (Å²) in [6.07, 6.45) is 7.05. The van der Waals surface area contributed by atoms with Crippen molar-refractivity contribution in [1.29, 1.82) is 0 Å². The molecule has 88 valence electrons. The standard InChI is InChI=1S/C11H18N4O/c1-16-9-11(12)2-6-15(7-3-11)10-8-13-4-5-14-10/h4-5,8H,2-3,6-7,9,12H2,1H3. The Morgan fingerprint density at radius 1 is 1.44 bits per heavy atom. The molecule has 1 saturated heterocycles. The number of hydrogen-bond donors (Lipinski definition) is 1. The zero-order valence-electron chi connectivity index (χ0n) is 9.59. The zero-order chi connectivity index (χ0) is 11.4. The summed E-state index contributed by atoms with van der Waals surface area (Å²) in [5, 5.41) is 0. The average molecular weight is 222 g/mol. The van der Waals surface area contributed by atoms with Crippen molar-refractivity contribution in [2.45, 2.75) is 18.4 Å². The lowest BCUT2D eigenvalue weighted by molar-refractivity contribution is 0.116. The van der Waals surface area contributed by atoms with Crippen LogP contribution in [0.4, 0.5) is 5.82 Å². The van der Waals surface area contributed by atoms with E-state index in [0.29, 0.717) is 6.61 Å². The van der Waals surface area contributed by atoms with Gasteiger partial charge in [-0.3, -0.25) is 4.98 Å². The van der Waals surface area contributed by atoms with Crippen molar-refractivity contribution >= 4 is 5.82 Å². The first kappa shape index (κ1) is 11.3. The molecular formula is C11H18N4O. The largest absolute Gasteiger partial charge is 0.383 e. The predicted octanol–water partition coefficient (Wildman–Crippen LogP) is 0.421. The molecule has 2 N–H and O–H groups in total. The fraction of sp³-hybridized carbons (Fsp3) is 0.636. The molecule has 2 rings (SSSR count). The summed E-state index contributed by atoms with van der Waals surface area (Å²) in [6.45, 7) is 2.46. The lowest BCUT2D eigenvalue weighted by Crippen LogP contribution is -2.53. The molecular weight excluding hydrogens is 204 g/mol. The van der Waals surface area contributed by atoms with E-state index in [1.807, 2.05) is 0 Å². The molecule has 0 saturated carbocycles. The van der Waals surface area contributed by atoms with Crippen LogP contribution in [0.15, 0.2) is 18.6 Å². The van der Waals surface area contributed by atoms with E-state index >= 15 is 0 Å². The van der Waals surface area contributed by atoms with Crippen LogP contribution < -0.4 is 10.6 Å². The van der Waals surface area contributed by atoms with Crippen LogP contribution in [0.3, 0.4) is 0 Å². The van der Waals surface area contributed by atoms with E-state index in [9.17, 15) is 0 Å². The maximum Gasteiger partial charge on any atom is 0.147 e. The van der Waals surface area contributed by atoms with Crippen LogP contribution in [-0.4, -0.2) is 42.3 Å². The summed E-state index contributed by atoms with van der Waals surface area (Å²) in [4.78, 5) is 10.6. The third kappa shape index (κ3) is 2.48. The zero-order valence-corrected chi connectivity index (χ0v) is 9.59. The van der Waals surface area contributed by atoms with Crippen molar-refractivity contribution in [3.05, 3.63) is 18.6 Å². The molecule has 0 aliphatic carbocycles. The first-order valence-corrected chi connectivity index (χ1v) is 5.52. The van der Waals surface area contributed by atoms with E-state index < -0.39 is 0 Å². The highest BCUT2D eigenvalue weighted by Crippen LogP contribution is 2.22. The van der Waals surface area contributed by atoms with E-state index in [1.54, 1.807) is 25.7 Å². The molecule has 1 aromatic heterocycles. The van der Waals surface area contributed by atoms with Gasteiger partial charge < -0.3 is 15.4 Å². The molecule has 1 fully saturated rings. The Morgan fingerprint density at radius 3 is 2.75 bits per heavy atom. The summed E-state index contributed by atoms with van der Waals surface area (Å²) < 4.78 is 5.15. The van der Waals surface area contributed by atoms with Gasteiger partial charge in [0.05, 0.1) is 12.8 Å². The van der Waals surface area contributed by atoms with Gasteiger partial charge in [-0.05, 0) is 12.8 Å². The lowest BCUT2D eigenvalue weighted by atomic mass is 9.89. The molecule has 0 radical (unpaired) electrons. The summed E-state index contributed by atoms with van der Waals surface area (Å²) >= 11 is 0. The molecule has 5 nitrogen and oxygen atoms in total. The van der Waals surface area contributed by atoms with Crippen molar-refractivity contribution in [2.24, 2.45) is 5.73 Å². The number of nitrogens with two attached hydrogens (primary N) is 1. The number of aromatic nitrogens is 2. The Hall–Kier alpha value is -1.20. The predicted molar refractivity (Wildman–Crippen MR) is 62.3 cm³/mol. The third-order valence-corrected chi connectivity index (χ3v) is 3.06. The van der Waals surface area contributed by atoms with E-state index in [2.05, 4.69) is 14.9 Å². The molecule has 1 aliphatic rings. The fourth-order valence-electron chi connectivity index (χ4n) is 2.07. The van der Waals surface area contributed by atoms with Gasteiger partial charge in [-0.1, -0.05) is 0 Å². The quantitative estimate of drug-likeness (QED) is 0.803. The first-order chi connectivity index (χ1) is 7.73. The second-order valence-corrected chi connectivity index (χ2v) is 4.35. The van der Waals surface area contributed by atoms with E-state index in [4.69, 9.17) is 10.5 Å². The molecule has 0 unspecified atom stereocenters. The van der Waals surface area contributed by atoms with Gasteiger partial charge in [0.25, 0.3) is 0 Å². The number of hydrogen-bond acceptors (Lipinski definition) is 5. The minimum Gasteiger partial charge on any atom is -0.383 e. The Bertz CT molecular complexity index is 322. The summed E-state index contributed by atoms with van der Waals surface area (Å²) in [5.41, 5.74) is 6.05. The Balaban J connectivity index is 1.95. The fourth-order valence-corrected chi connectivity index (χ4v) is 2.07. The summed E-state index contributed by atoms with van der Waals surface area (Å²) in [5.74, 6) is 0.932. The van der Waals surface area contributed by atoms with Gasteiger partial charge in [0.2, 0.25) is 0 Å². The smallest absolute Gasteiger partial charge is 0.147 e. The molecule has 0 spiro atoms. The van der Waals surface area contributed by atoms with Crippen molar-refractivity contribution in [2.75, 3.05) is 31.7 Å². The number of ether oxygens (including phenoxy) is 1. The minimum atomic E-state index is -0.173. The van der Waals surface area contributed by atoms with Gasteiger partial charge in [0.15, 0.2) is 0 Å². The van der Waals surface area contributed by atoms with Crippen LogP contribution in [0.1, 0.15) is 12.8 Å². The lowest BCUT2D eigenvalue weighted by Gasteiger charge is -2.39. The average Bonchev–Trinajstić information content (AvgIpc) is 2.31. The van der Waals surface area contributed by atoms with Gasteiger partial charge in [-0.2, -0.15) is 0 Å². The van der Waals surface area contributed by atoms with Crippen LogP contribution in [0, 0.1) is 0 Å². The Kier molecular flexibility index (Phi) is 3.36. The normalized spacial score (nSPS) is 19.8. The Morgan fingerprint density at radius 2 is 2.19 bits per heavy atom. The number of nitrogens with zero attached hydrogens (tertiary/aromatic N) is 3. The van der Waals surface area contributed by atoms with E-state index in [-0.39, 0.29) is 5.54 Å². The first-order valence-electron chi connectivity index (χ1n) is 5.52. The Labute approximate surface area is 95.6 Å². The number of rotatable bonds is 3. The van der Waals surface area contributed by atoms with E-state index in [0.717, 1.165) is 31.7 Å². The highest BCUT2D eigenvalue weighted by atomic mass is 16.5. The van der Waals surface area contributed by atoms with Gasteiger partial charge >= 0.3 is 0 Å². The van der Waals surface area contributed by atoms with Crippen molar-refractivity contribution in [1.82, 2.24) is 9.97 Å². The van der Waals surface area contributed by atoms with Crippen LogP contribution in [0.2, 0.25) is 0 Å². The maximum atomic E-state index is 6.22. The monoisotopic (exact) mass is 222 g/mol.